The molecule has 150 valence electrons. The van der Waals surface area contributed by atoms with Crippen LogP contribution >= 0.6 is 15.9 Å². The molecule has 0 unspecified atom stereocenters. The highest BCUT2D eigenvalue weighted by Gasteiger charge is 2.14. The number of benzene rings is 3. The number of rotatable bonds is 5. The minimum Gasteiger partial charge on any atom is -0.466 e. The molecule has 3 aromatic carbocycles. The highest BCUT2D eigenvalue weighted by molar-refractivity contribution is 9.10. The van der Waals surface area contributed by atoms with E-state index in [1.54, 1.807) is 23.9 Å². The van der Waals surface area contributed by atoms with Crippen LogP contribution in [0.15, 0.2) is 77.3 Å². The summed E-state index contributed by atoms with van der Waals surface area (Å²) in [5.74, 6) is 0.504. The average Bonchev–Trinajstić information content (AvgIpc) is 3.19. The van der Waals surface area contributed by atoms with Crippen LogP contribution in [0.5, 0.6) is 6.01 Å². The van der Waals surface area contributed by atoms with Gasteiger partial charge in [0.1, 0.15) is 0 Å². The largest absolute Gasteiger partial charge is 0.466 e. The first-order valence-corrected chi connectivity index (χ1v) is 10.1. The molecule has 7 heteroatoms. The minimum absolute atomic E-state index is 0.174. The third-order valence-electron chi connectivity index (χ3n) is 4.54. The summed E-state index contributed by atoms with van der Waals surface area (Å²) in [5.41, 5.74) is 4.18. The van der Waals surface area contributed by atoms with Gasteiger partial charge in [-0.1, -0.05) is 51.8 Å². The number of nitrogens with one attached hydrogen (secondary N) is 1. The van der Waals surface area contributed by atoms with Crippen LogP contribution in [0, 0.1) is 6.92 Å². The van der Waals surface area contributed by atoms with Crippen LogP contribution in [0.25, 0.3) is 17.1 Å². The van der Waals surface area contributed by atoms with Crippen LogP contribution in [0.3, 0.4) is 0 Å². The van der Waals surface area contributed by atoms with E-state index in [0.29, 0.717) is 17.1 Å². The SMILES string of the molecule is COc1nc(-c2ccc(C)cc2)n(-c2ccc(NC(=O)c3cccc(Br)c3)cc2)n1. The molecule has 0 aliphatic rings. The molecule has 4 rings (SSSR count). The summed E-state index contributed by atoms with van der Waals surface area (Å²) in [4.78, 5) is 16.9. The van der Waals surface area contributed by atoms with Gasteiger partial charge in [0.05, 0.1) is 12.8 Å². The number of halogens is 1. The van der Waals surface area contributed by atoms with Gasteiger partial charge in [0, 0.05) is 21.3 Å². The van der Waals surface area contributed by atoms with Crippen molar-refractivity contribution in [1.82, 2.24) is 14.8 Å². The molecule has 0 aliphatic heterocycles. The average molecular weight is 463 g/mol. The molecule has 0 saturated heterocycles. The van der Waals surface area contributed by atoms with Crippen molar-refractivity contribution < 1.29 is 9.53 Å². The lowest BCUT2D eigenvalue weighted by molar-refractivity contribution is 0.102. The number of methoxy groups -OCH3 is 1. The number of nitrogens with zero attached hydrogens (tertiary/aromatic N) is 3. The van der Waals surface area contributed by atoms with Crippen LogP contribution in [-0.2, 0) is 0 Å². The van der Waals surface area contributed by atoms with Gasteiger partial charge in [0.2, 0.25) is 0 Å². The van der Waals surface area contributed by atoms with E-state index in [9.17, 15) is 4.79 Å². The quantitative estimate of drug-likeness (QED) is 0.438. The second-order valence-electron chi connectivity index (χ2n) is 6.71. The monoisotopic (exact) mass is 462 g/mol. The summed E-state index contributed by atoms with van der Waals surface area (Å²) in [7, 11) is 1.54. The summed E-state index contributed by atoms with van der Waals surface area (Å²) in [5, 5.41) is 7.34. The Morgan fingerprint density at radius 1 is 1.03 bits per heavy atom. The number of amides is 1. The fraction of sp³-hybridized carbons (Fsp3) is 0.0870. The molecule has 0 saturated carbocycles. The first kappa shape index (κ1) is 19.8. The zero-order valence-electron chi connectivity index (χ0n) is 16.5. The molecule has 1 N–H and O–H groups in total. The molecular formula is C23H19BrN4O2. The Hall–Kier alpha value is -3.45. The lowest BCUT2D eigenvalue weighted by Crippen LogP contribution is -2.11. The number of hydrogen-bond acceptors (Lipinski definition) is 4. The van der Waals surface area contributed by atoms with Gasteiger partial charge in [-0.3, -0.25) is 4.79 Å². The summed E-state index contributed by atoms with van der Waals surface area (Å²) < 4.78 is 7.81. The molecule has 0 fully saturated rings. The summed E-state index contributed by atoms with van der Waals surface area (Å²) in [6.07, 6.45) is 0. The maximum Gasteiger partial charge on any atom is 0.336 e. The topological polar surface area (TPSA) is 69.0 Å². The van der Waals surface area contributed by atoms with Crippen molar-refractivity contribution in [3.8, 4) is 23.1 Å². The maximum atomic E-state index is 12.5. The van der Waals surface area contributed by atoms with E-state index >= 15 is 0 Å². The number of anilines is 1. The van der Waals surface area contributed by atoms with Gasteiger partial charge in [0.15, 0.2) is 5.82 Å². The van der Waals surface area contributed by atoms with Gasteiger partial charge in [-0.2, -0.15) is 4.98 Å². The van der Waals surface area contributed by atoms with Crippen molar-refractivity contribution >= 4 is 27.5 Å². The highest BCUT2D eigenvalue weighted by Crippen LogP contribution is 2.25. The second kappa shape index (κ2) is 8.51. The van der Waals surface area contributed by atoms with E-state index in [2.05, 4.69) is 31.3 Å². The lowest BCUT2D eigenvalue weighted by Gasteiger charge is -2.09. The maximum absolute atomic E-state index is 12.5. The molecule has 4 aromatic rings. The minimum atomic E-state index is -0.174. The van der Waals surface area contributed by atoms with E-state index in [1.165, 1.54) is 5.56 Å². The Kier molecular flexibility index (Phi) is 5.63. The Labute approximate surface area is 182 Å². The van der Waals surface area contributed by atoms with E-state index in [-0.39, 0.29) is 11.9 Å². The zero-order chi connectivity index (χ0) is 21.1. The van der Waals surface area contributed by atoms with Gasteiger partial charge in [-0.25, -0.2) is 4.68 Å². The van der Waals surface area contributed by atoms with Crippen molar-refractivity contribution in [3.63, 3.8) is 0 Å². The summed E-state index contributed by atoms with van der Waals surface area (Å²) >= 11 is 3.38. The predicted molar refractivity (Wildman–Crippen MR) is 120 cm³/mol. The first-order chi connectivity index (χ1) is 14.5. The smallest absolute Gasteiger partial charge is 0.336 e. The first-order valence-electron chi connectivity index (χ1n) is 9.29. The van der Waals surface area contributed by atoms with Gasteiger partial charge < -0.3 is 10.1 Å². The second-order valence-corrected chi connectivity index (χ2v) is 7.63. The van der Waals surface area contributed by atoms with Gasteiger partial charge >= 0.3 is 6.01 Å². The summed E-state index contributed by atoms with van der Waals surface area (Å²) in [6.45, 7) is 2.04. The molecule has 6 nitrogen and oxygen atoms in total. The van der Waals surface area contributed by atoms with Crippen molar-refractivity contribution in [2.24, 2.45) is 0 Å². The number of aryl methyl sites for hydroxylation is 1. The van der Waals surface area contributed by atoms with Crippen LogP contribution < -0.4 is 10.1 Å². The molecular weight excluding hydrogens is 444 g/mol. The third-order valence-corrected chi connectivity index (χ3v) is 5.03. The van der Waals surface area contributed by atoms with Gasteiger partial charge in [-0.15, -0.1) is 5.10 Å². The lowest BCUT2D eigenvalue weighted by atomic mass is 10.1. The molecule has 0 atom stereocenters. The van der Waals surface area contributed by atoms with Gasteiger partial charge in [0.25, 0.3) is 5.91 Å². The van der Waals surface area contributed by atoms with E-state index in [1.807, 2.05) is 67.6 Å². The number of ether oxygens (including phenoxy) is 1. The van der Waals surface area contributed by atoms with Crippen LogP contribution in [0.2, 0.25) is 0 Å². The Bertz CT molecular complexity index is 1180. The van der Waals surface area contributed by atoms with E-state index < -0.39 is 0 Å². The van der Waals surface area contributed by atoms with Crippen LogP contribution in [-0.4, -0.2) is 27.8 Å². The molecule has 1 amide bonds. The van der Waals surface area contributed by atoms with Crippen molar-refractivity contribution in [2.45, 2.75) is 6.92 Å². The third kappa shape index (κ3) is 4.26. The van der Waals surface area contributed by atoms with E-state index in [4.69, 9.17) is 4.74 Å². The highest BCUT2D eigenvalue weighted by atomic mass is 79.9. The standard InChI is InChI=1S/C23H19BrN4O2/c1-15-6-8-16(9-7-15)21-26-23(30-2)27-28(21)20-12-10-19(11-13-20)25-22(29)17-4-3-5-18(24)14-17/h3-14H,1-2H3,(H,25,29). The Balaban J connectivity index is 1.60. The van der Waals surface area contributed by atoms with E-state index in [0.717, 1.165) is 15.7 Å². The van der Waals surface area contributed by atoms with Crippen LogP contribution in [0.1, 0.15) is 15.9 Å². The van der Waals surface area contributed by atoms with Crippen molar-refractivity contribution in [2.75, 3.05) is 12.4 Å². The number of aromatic nitrogens is 3. The summed E-state index contributed by atoms with van der Waals surface area (Å²) in [6, 6.07) is 23.0. The van der Waals surface area contributed by atoms with Crippen molar-refractivity contribution in [1.29, 1.82) is 0 Å². The molecule has 0 radical (unpaired) electrons. The number of hydrogen-bond donors (Lipinski definition) is 1. The fourth-order valence-corrected chi connectivity index (χ4v) is 3.37. The molecule has 1 heterocycles. The van der Waals surface area contributed by atoms with Gasteiger partial charge in [-0.05, 0) is 49.4 Å². The predicted octanol–water partition coefficient (Wildman–Crippen LogP) is 5.27. The number of carbonyl (C=O) groups excluding carboxylic acids is 1. The van der Waals surface area contributed by atoms with Crippen LogP contribution in [0.4, 0.5) is 5.69 Å². The molecule has 0 spiro atoms. The van der Waals surface area contributed by atoms with Crippen molar-refractivity contribution in [3.05, 3.63) is 88.4 Å². The molecule has 0 aliphatic carbocycles. The Morgan fingerprint density at radius 2 is 1.77 bits per heavy atom. The molecule has 0 bridgehead atoms. The Morgan fingerprint density at radius 3 is 2.43 bits per heavy atom. The molecule has 30 heavy (non-hydrogen) atoms. The molecule has 1 aromatic heterocycles. The fourth-order valence-electron chi connectivity index (χ4n) is 2.97. The number of carbonyl (C=O) groups is 1. The zero-order valence-corrected chi connectivity index (χ0v) is 18.1. The normalized spacial score (nSPS) is 10.6.